The fourth-order valence-corrected chi connectivity index (χ4v) is 2.70. The van der Waals surface area contributed by atoms with E-state index < -0.39 is 0 Å². The molecule has 7 heteroatoms. The van der Waals surface area contributed by atoms with Crippen LogP contribution in [0.25, 0.3) is 0 Å². The molecule has 5 nitrogen and oxygen atoms in total. The molecule has 0 saturated heterocycles. The van der Waals surface area contributed by atoms with Gasteiger partial charge in [-0.3, -0.25) is 4.79 Å². The molecule has 0 radical (unpaired) electrons. The molecule has 1 aromatic carbocycles. The van der Waals surface area contributed by atoms with Crippen LogP contribution in [-0.2, 0) is 11.3 Å². The summed E-state index contributed by atoms with van der Waals surface area (Å²) in [5.41, 5.74) is 0. The van der Waals surface area contributed by atoms with Gasteiger partial charge in [-0.15, -0.1) is 0 Å². The second-order valence-electron chi connectivity index (χ2n) is 4.15. The SMILES string of the molecule is CN(Cc1ncc[nH]1)C(=O)COc1ccc(Br)cc1Br. The molecule has 0 saturated carbocycles. The maximum Gasteiger partial charge on any atom is 0.260 e. The zero-order chi connectivity index (χ0) is 14.5. The summed E-state index contributed by atoms with van der Waals surface area (Å²) in [6.45, 7) is 0.411. The molecule has 0 aliphatic rings. The minimum Gasteiger partial charge on any atom is -0.483 e. The van der Waals surface area contributed by atoms with Crippen molar-refractivity contribution >= 4 is 37.8 Å². The Balaban J connectivity index is 1.88. The van der Waals surface area contributed by atoms with Gasteiger partial charge in [-0.1, -0.05) is 15.9 Å². The number of imidazole rings is 1. The molecule has 1 N–H and O–H groups in total. The lowest BCUT2D eigenvalue weighted by Crippen LogP contribution is -2.31. The molecule has 0 atom stereocenters. The number of carbonyl (C=O) groups is 1. The third-order valence-electron chi connectivity index (χ3n) is 2.61. The molecule has 106 valence electrons. The number of aromatic nitrogens is 2. The number of rotatable bonds is 5. The van der Waals surface area contributed by atoms with Crippen LogP contribution in [-0.4, -0.2) is 34.4 Å². The summed E-state index contributed by atoms with van der Waals surface area (Å²) in [6, 6.07) is 5.53. The number of nitrogens with one attached hydrogen (secondary N) is 1. The summed E-state index contributed by atoms with van der Waals surface area (Å²) < 4.78 is 7.25. The normalized spacial score (nSPS) is 10.3. The molecular weight excluding hydrogens is 390 g/mol. The molecule has 0 fully saturated rings. The van der Waals surface area contributed by atoms with E-state index in [0.29, 0.717) is 12.3 Å². The number of hydrogen-bond acceptors (Lipinski definition) is 3. The Bertz CT molecular complexity index is 587. The molecule has 2 rings (SSSR count). The molecule has 1 amide bonds. The van der Waals surface area contributed by atoms with Crippen LogP contribution in [0.15, 0.2) is 39.5 Å². The van der Waals surface area contributed by atoms with Crippen LogP contribution in [0, 0.1) is 0 Å². The van der Waals surface area contributed by atoms with Gasteiger partial charge in [-0.05, 0) is 34.1 Å². The average Bonchev–Trinajstić information content (AvgIpc) is 2.90. The van der Waals surface area contributed by atoms with Gasteiger partial charge >= 0.3 is 0 Å². The van der Waals surface area contributed by atoms with E-state index in [9.17, 15) is 4.79 Å². The number of amides is 1. The van der Waals surface area contributed by atoms with Crippen molar-refractivity contribution in [2.75, 3.05) is 13.7 Å². The van der Waals surface area contributed by atoms with Crippen molar-refractivity contribution in [3.8, 4) is 5.75 Å². The molecular formula is C13H13Br2N3O2. The Morgan fingerprint density at radius 3 is 2.90 bits per heavy atom. The predicted octanol–water partition coefficient (Wildman–Crippen LogP) is 2.97. The number of benzene rings is 1. The zero-order valence-corrected chi connectivity index (χ0v) is 13.9. The minimum absolute atomic E-state index is 0.0164. The van der Waals surface area contributed by atoms with E-state index in [1.165, 1.54) is 0 Å². The maximum atomic E-state index is 12.0. The Labute approximate surface area is 133 Å². The molecule has 0 aliphatic heterocycles. The third kappa shape index (κ3) is 4.08. The smallest absolute Gasteiger partial charge is 0.260 e. The first-order valence-electron chi connectivity index (χ1n) is 5.86. The number of H-pyrrole nitrogens is 1. The van der Waals surface area contributed by atoms with Crippen LogP contribution >= 0.6 is 31.9 Å². The van der Waals surface area contributed by atoms with Gasteiger partial charge in [0.2, 0.25) is 0 Å². The monoisotopic (exact) mass is 401 g/mol. The lowest BCUT2D eigenvalue weighted by molar-refractivity contribution is -0.132. The fourth-order valence-electron chi connectivity index (χ4n) is 1.54. The second-order valence-corrected chi connectivity index (χ2v) is 5.92. The zero-order valence-electron chi connectivity index (χ0n) is 10.8. The Morgan fingerprint density at radius 1 is 1.45 bits per heavy atom. The highest BCUT2D eigenvalue weighted by atomic mass is 79.9. The standard InChI is InChI=1S/C13H13Br2N3O2/c1-18(7-12-16-4-5-17-12)13(19)8-20-11-3-2-9(14)6-10(11)15/h2-6H,7-8H2,1H3,(H,16,17). The summed E-state index contributed by atoms with van der Waals surface area (Å²) in [5, 5.41) is 0. The number of ether oxygens (including phenoxy) is 1. The van der Waals surface area contributed by atoms with Crippen molar-refractivity contribution < 1.29 is 9.53 Å². The Morgan fingerprint density at radius 2 is 2.25 bits per heavy atom. The first-order chi connectivity index (χ1) is 9.56. The van der Waals surface area contributed by atoms with Gasteiger partial charge in [-0.2, -0.15) is 0 Å². The van der Waals surface area contributed by atoms with Crippen molar-refractivity contribution in [3.63, 3.8) is 0 Å². The number of aromatic amines is 1. The van der Waals surface area contributed by atoms with Crippen LogP contribution < -0.4 is 4.74 Å². The quantitative estimate of drug-likeness (QED) is 0.836. The molecule has 1 heterocycles. The van der Waals surface area contributed by atoms with Gasteiger partial charge < -0.3 is 14.6 Å². The predicted molar refractivity (Wildman–Crippen MR) is 82.4 cm³/mol. The molecule has 0 aliphatic carbocycles. The van der Waals surface area contributed by atoms with Gasteiger partial charge in [0.15, 0.2) is 6.61 Å². The second kappa shape index (κ2) is 6.90. The van der Waals surface area contributed by atoms with E-state index in [1.807, 2.05) is 12.1 Å². The first-order valence-corrected chi connectivity index (χ1v) is 7.45. The van der Waals surface area contributed by atoms with Crippen molar-refractivity contribution in [1.29, 1.82) is 0 Å². The number of likely N-dealkylation sites (N-methyl/N-ethyl adjacent to an activating group) is 1. The van der Waals surface area contributed by atoms with E-state index in [-0.39, 0.29) is 12.5 Å². The Hall–Kier alpha value is -1.34. The van der Waals surface area contributed by atoms with Crippen LogP contribution in [0.1, 0.15) is 5.82 Å². The lowest BCUT2D eigenvalue weighted by Gasteiger charge is -2.16. The van der Waals surface area contributed by atoms with E-state index in [4.69, 9.17) is 4.74 Å². The van der Waals surface area contributed by atoms with Gasteiger partial charge in [0, 0.05) is 23.9 Å². The highest BCUT2D eigenvalue weighted by Gasteiger charge is 2.12. The van der Waals surface area contributed by atoms with E-state index in [2.05, 4.69) is 41.8 Å². The van der Waals surface area contributed by atoms with E-state index in [1.54, 1.807) is 30.4 Å². The maximum absolute atomic E-state index is 12.0. The van der Waals surface area contributed by atoms with Crippen molar-refractivity contribution in [2.45, 2.75) is 6.54 Å². The average molecular weight is 403 g/mol. The summed E-state index contributed by atoms with van der Waals surface area (Å²) in [6.07, 6.45) is 3.38. The molecule has 0 spiro atoms. The van der Waals surface area contributed by atoms with Crippen LogP contribution in [0.4, 0.5) is 0 Å². The van der Waals surface area contributed by atoms with Gasteiger partial charge in [0.25, 0.3) is 5.91 Å². The molecule has 1 aromatic heterocycles. The van der Waals surface area contributed by atoms with Gasteiger partial charge in [0.05, 0.1) is 11.0 Å². The molecule has 2 aromatic rings. The number of carbonyl (C=O) groups excluding carboxylic acids is 1. The molecule has 20 heavy (non-hydrogen) atoms. The largest absolute Gasteiger partial charge is 0.483 e. The fraction of sp³-hybridized carbons (Fsp3) is 0.231. The number of hydrogen-bond donors (Lipinski definition) is 1. The topological polar surface area (TPSA) is 58.2 Å². The summed E-state index contributed by atoms with van der Waals surface area (Å²) in [4.78, 5) is 20.5. The molecule has 0 unspecified atom stereocenters. The summed E-state index contributed by atoms with van der Waals surface area (Å²) in [5.74, 6) is 1.26. The van der Waals surface area contributed by atoms with Crippen LogP contribution in [0.5, 0.6) is 5.75 Å². The first kappa shape index (κ1) is 15.1. The van der Waals surface area contributed by atoms with Gasteiger partial charge in [-0.25, -0.2) is 4.98 Å². The summed E-state index contributed by atoms with van der Waals surface area (Å²) >= 11 is 6.75. The lowest BCUT2D eigenvalue weighted by atomic mass is 10.3. The molecule has 0 bridgehead atoms. The third-order valence-corrected chi connectivity index (χ3v) is 3.73. The van der Waals surface area contributed by atoms with Crippen molar-refractivity contribution in [3.05, 3.63) is 45.4 Å². The Kier molecular flexibility index (Phi) is 5.19. The van der Waals surface area contributed by atoms with Crippen LogP contribution in [0.2, 0.25) is 0 Å². The van der Waals surface area contributed by atoms with E-state index in [0.717, 1.165) is 14.8 Å². The van der Waals surface area contributed by atoms with Crippen molar-refractivity contribution in [1.82, 2.24) is 14.9 Å². The van der Waals surface area contributed by atoms with Gasteiger partial charge in [0.1, 0.15) is 11.6 Å². The number of nitrogens with zero attached hydrogens (tertiary/aromatic N) is 2. The number of halogens is 2. The summed E-state index contributed by atoms with van der Waals surface area (Å²) in [7, 11) is 1.71. The van der Waals surface area contributed by atoms with Crippen molar-refractivity contribution in [2.24, 2.45) is 0 Å². The highest BCUT2D eigenvalue weighted by Crippen LogP contribution is 2.28. The highest BCUT2D eigenvalue weighted by molar-refractivity contribution is 9.11. The van der Waals surface area contributed by atoms with Crippen LogP contribution in [0.3, 0.4) is 0 Å². The minimum atomic E-state index is -0.115. The van der Waals surface area contributed by atoms with E-state index >= 15 is 0 Å².